The maximum atomic E-state index is 6.12. The molecule has 5 rings (SSSR count). The van der Waals surface area contributed by atoms with Crippen LogP contribution in [0.3, 0.4) is 0 Å². The third-order valence-electron chi connectivity index (χ3n) is 5.68. The Hall–Kier alpha value is -3.19. The number of thiazole rings is 1. The zero-order chi connectivity index (χ0) is 21.0. The molecule has 0 aliphatic heterocycles. The van der Waals surface area contributed by atoms with Gasteiger partial charge in [0.2, 0.25) is 0 Å². The molecule has 31 heavy (non-hydrogen) atoms. The number of pyridine rings is 1. The van der Waals surface area contributed by atoms with Gasteiger partial charge in [-0.05, 0) is 37.0 Å². The summed E-state index contributed by atoms with van der Waals surface area (Å²) in [5.74, 6) is 2.30. The first kappa shape index (κ1) is 19.8. The van der Waals surface area contributed by atoms with Gasteiger partial charge < -0.3 is 10.1 Å². The number of hydrogen-bond donors (Lipinski definition) is 1. The van der Waals surface area contributed by atoms with E-state index in [2.05, 4.69) is 28.0 Å². The van der Waals surface area contributed by atoms with Crippen LogP contribution in [0.25, 0.3) is 27.7 Å². The molecular formula is C24H25N5OS. The highest BCUT2D eigenvalue weighted by atomic mass is 32.1. The number of rotatable bonds is 7. The molecule has 0 atom stereocenters. The number of fused-ring (bicyclic) bond motifs is 1. The van der Waals surface area contributed by atoms with Crippen molar-refractivity contribution in [1.82, 2.24) is 19.7 Å². The maximum absolute atomic E-state index is 6.12. The topological polar surface area (TPSA) is 64.9 Å². The third kappa shape index (κ3) is 4.61. The minimum absolute atomic E-state index is 0.732. The molecule has 1 aromatic carbocycles. The molecule has 0 unspecified atom stereocenters. The SMILES string of the molecule is C=Cn1cc(-c2cc(Oc3ccc4nc(NCC5CCCCC5)sc4c3)ccn2)cn1. The van der Waals surface area contributed by atoms with E-state index < -0.39 is 0 Å². The van der Waals surface area contributed by atoms with Crippen LogP contribution in [0.4, 0.5) is 5.13 Å². The molecule has 3 heterocycles. The second-order valence-corrected chi connectivity index (χ2v) is 8.93. The van der Waals surface area contributed by atoms with Crippen LogP contribution < -0.4 is 10.1 Å². The van der Waals surface area contributed by atoms with Crippen LogP contribution in [0, 0.1) is 5.92 Å². The number of aromatic nitrogens is 4. The molecule has 158 valence electrons. The molecule has 1 saturated carbocycles. The summed E-state index contributed by atoms with van der Waals surface area (Å²) in [5, 5.41) is 8.75. The van der Waals surface area contributed by atoms with Crippen LogP contribution in [0.2, 0.25) is 0 Å². The smallest absolute Gasteiger partial charge is 0.183 e. The average molecular weight is 432 g/mol. The van der Waals surface area contributed by atoms with Gasteiger partial charge in [0.1, 0.15) is 11.5 Å². The lowest BCUT2D eigenvalue weighted by atomic mass is 9.89. The number of nitrogens with zero attached hydrogens (tertiary/aromatic N) is 4. The van der Waals surface area contributed by atoms with Crippen LogP contribution in [-0.4, -0.2) is 26.3 Å². The molecule has 4 aromatic rings. The summed E-state index contributed by atoms with van der Waals surface area (Å²) in [6, 6.07) is 9.80. The van der Waals surface area contributed by atoms with E-state index in [1.807, 2.05) is 30.5 Å². The van der Waals surface area contributed by atoms with Gasteiger partial charge in [-0.3, -0.25) is 4.98 Å². The van der Waals surface area contributed by atoms with Gasteiger partial charge in [-0.2, -0.15) is 5.10 Å². The summed E-state index contributed by atoms with van der Waals surface area (Å²) in [7, 11) is 0. The van der Waals surface area contributed by atoms with Crippen LogP contribution in [0.5, 0.6) is 11.5 Å². The largest absolute Gasteiger partial charge is 0.457 e. The van der Waals surface area contributed by atoms with Gasteiger partial charge >= 0.3 is 0 Å². The number of benzene rings is 1. The van der Waals surface area contributed by atoms with Crippen molar-refractivity contribution in [3.8, 4) is 22.8 Å². The second-order valence-electron chi connectivity index (χ2n) is 7.90. The molecule has 0 bridgehead atoms. The molecule has 1 N–H and O–H groups in total. The highest BCUT2D eigenvalue weighted by Crippen LogP contribution is 2.33. The first-order valence-electron chi connectivity index (χ1n) is 10.7. The number of hydrogen-bond acceptors (Lipinski definition) is 6. The first-order valence-corrected chi connectivity index (χ1v) is 11.5. The van der Waals surface area contributed by atoms with Gasteiger partial charge in [0, 0.05) is 42.8 Å². The van der Waals surface area contributed by atoms with Gasteiger partial charge in [0.15, 0.2) is 5.13 Å². The first-order chi connectivity index (χ1) is 15.3. The fourth-order valence-electron chi connectivity index (χ4n) is 4.01. The summed E-state index contributed by atoms with van der Waals surface area (Å²) in [6.07, 6.45) is 13.8. The molecule has 6 nitrogen and oxygen atoms in total. The number of nitrogens with one attached hydrogen (secondary N) is 1. The zero-order valence-electron chi connectivity index (χ0n) is 17.3. The Morgan fingerprint density at radius 2 is 2.03 bits per heavy atom. The summed E-state index contributed by atoms with van der Waals surface area (Å²) in [6.45, 7) is 4.74. The normalized spacial score (nSPS) is 14.6. The predicted octanol–water partition coefficient (Wildman–Crippen LogP) is 6.44. The fraction of sp³-hybridized carbons (Fsp3) is 0.292. The van der Waals surface area contributed by atoms with Crippen molar-refractivity contribution < 1.29 is 4.74 Å². The van der Waals surface area contributed by atoms with Crippen molar-refractivity contribution in [2.75, 3.05) is 11.9 Å². The summed E-state index contributed by atoms with van der Waals surface area (Å²) >= 11 is 1.68. The molecular weight excluding hydrogens is 406 g/mol. The van der Waals surface area contributed by atoms with E-state index in [0.717, 1.165) is 50.6 Å². The van der Waals surface area contributed by atoms with E-state index in [1.54, 1.807) is 34.6 Å². The Labute approximate surface area is 185 Å². The number of ether oxygens (including phenoxy) is 1. The van der Waals surface area contributed by atoms with E-state index in [9.17, 15) is 0 Å². The molecule has 1 aliphatic rings. The molecule has 0 spiro atoms. The van der Waals surface area contributed by atoms with Crippen molar-refractivity contribution >= 4 is 32.9 Å². The summed E-state index contributed by atoms with van der Waals surface area (Å²) in [4.78, 5) is 9.16. The summed E-state index contributed by atoms with van der Waals surface area (Å²) in [5.41, 5.74) is 2.71. The van der Waals surface area contributed by atoms with Gasteiger partial charge in [-0.15, -0.1) is 0 Å². The van der Waals surface area contributed by atoms with E-state index in [0.29, 0.717) is 0 Å². The molecule has 0 amide bonds. The molecule has 3 aromatic heterocycles. The van der Waals surface area contributed by atoms with Crippen molar-refractivity contribution in [2.24, 2.45) is 5.92 Å². The summed E-state index contributed by atoms with van der Waals surface area (Å²) < 4.78 is 8.89. The van der Waals surface area contributed by atoms with Crippen molar-refractivity contribution in [2.45, 2.75) is 32.1 Å². The molecule has 0 radical (unpaired) electrons. The third-order valence-corrected chi connectivity index (χ3v) is 6.65. The highest BCUT2D eigenvalue weighted by Gasteiger charge is 2.14. The van der Waals surface area contributed by atoms with Crippen molar-refractivity contribution in [3.63, 3.8) is 0 Å². The Morgan fingerprint density at radius 1 is 1.16 bits per heavy atom. The lowest BCUT2D eigenvalue weighted by Crippen LogP contribution is -2.16. The molecule has 0 saturated heterocycles. The Balaban J connectivity index is 1.29. The Bertz CT molecular complexity index is 1190. The van der Waals surface area contributed by atoms with Crippen molar-refractivity contribution in [3.05, 3.63) is 55.5 Å². The van der Waals surface area contributed by atoms with Crippen LogP contribution >= 0.6 is 11.3 Å². The minimum atomic E-state index is 0.732. The Morgan fingerprint density at radius 3 is 2.87 bits per heavy atom. The number of anilines is 1. The van der Waals surface area contributed by atoms with Gasteiger partial charge in [-0.25, -0.2) is 9.67 Å². The van der Waals surface area contributed by atoms with Gasteiger partial charge in [-0.1, -0.05) is 37.2 Å². The lowest BCUT2D eigenvalue weighted by Gasteiger charge is -2.21. The fourth-order valence-corrected chi connectivity index (χ4v) is 4.91. The molecule has 7 heteroatoms. The van der Waals surface area contributed by atoms with Crippen LogP contribution in [-0.2, 0) is 0 Å². The standard InChI is InChI=1S/C24H25N5OS/c1-2-29-16-18(15-27-29)22-12-20(10-11-25-22)30-19-8-9-21-23(13-19)31-24(28-21)26-14-17-6-4-3-5-7-17/h2,8-13,15-17H,1,3-7,14H2,(H,26,28). The van der Waals surface area contributed by atoms with Crippen LogP contribution in [0.1, 0.15) is 32.1 Å². The predicted molar refractivity (Wildman–Crippen MR) is 127 cm³/mol. The van der Waals surface area contributed by atoms with E-state index in [4.69, 9.17) is 9.72 Å². The van der Waals surface area contributed by atoms with E-state index in [-0.39, 0.29) is 0 Å². The Kier molecular flexibility index (Phi) is 5.67. The monoisotopic (exact) mass is 431 g/mol. The lowest BCUT2D eigenvalue weighted by molar-refractivity contribution is 0.373. The van der Waals surface area contributed by atoms with Gasteiger partial charge in [0.05, 0.1) is 22.1 Å². The van der Waals surface area contributed by atoms with E-state index >= 15 is 0 Å². The quantitative estimate of drug-likeness (QED) is 0.365. The minimum Gasteiger partial charge on any atom is -0.457 e. The average Bonchev–Trinajstić information content (AvgIpc) is 3.45. The maximum Gasteiger partial charge on any atom is 0.183 e. The van der Waals surface area contributed by atoms with Crippen molar-refractivity contribution in [1.29, 1.82) is 0 Å². The highest BCUT2D eigenvalue weighted by molar-refractivity contribution is 7.22. The van der Waals surface area contributed by atoms with E-state index in [1.165, 1.54) is 32.1 Å². The van der Waals surface area contributed by atoms with Crippen LogP contribution in [0.15, 0.2) is 55.5 Å². The van der Waals surface area contributed by atoms with Gasteiger partial charge in [0.25, 0.3) is 0 Å². The zero-order valence-corrected chi connectivity index (χ0v) is 18.1. The molecule has 1 aliphatic carbocycles. The molecule has 1 fully saturated rings. The second kappa shape index (κ2) is 8.89.